The zero-order chi connectivity index (χ0) is 14.3. The summed E-state index contributed by atoms with van der Waals surface area (Å²) in [6, 6.07) is 6.77. The number of nitrogens with two attached hydrogens (primary N) is 1. The lowest BCUT2D eigenvalue weighted by atomic mass is 10.1. The van der Waals surface area contributed by atoms with Crippen LogP contribution in [0.3, 0.4) is 0 Å². The molecule has 6 heteroatoms. The van der Waals surface area contributed by atoms with Crippen LogP contribution in [0.15, 0.2) is 24.3 Å². The summed E-state index contributed by atoms with van der Waals surface area (Å²) in [6.07, 6.45) is -0.582. The molecule has 1 amide bonds. The highest BCUT2D eigenvalue weighted by molar-refractivity contribution is 5.75. The molecule has 0 aromatic heterocycles. The molecular formula is C13H17NO5. The molecule has 0 radical (unpaired) electrons. The van der Waals surface area contributed by atoms with Crippen LogP contribution in [-0.2, 0) is 20.7 Å². The summed E-state index contributed by atoms with van der Waals surface area (Å²) in [7, 11) is 0. The molecule has 0 aliphatic rings. The molecule has 1 rings (SSSR count). The molecular weight excluding hydrogens is 250 g/mol. The standard InChI is InChI=1S/C13H17NO5/c1-2-18-11(13(16)17)7-9-3-5-10(6-4-9)19-8-12(14)15/h3-6,11H,2,7-8H2,1H3,(H2,14,15)(H,16,17)/t11-/m0/s1. The van der Waals surface area contributed by atoms with Gasteiger partial charge in [-0.1, -0.05) is 12.1 Å². The fourth-order valence-corrected chi connectivity index (χ4v) is 1.51. The van der Waals surface area contributed by atoms with Gasteiger partial charge in [-0.05, 0) is 24.6 Å². The zero-order valence-electron chi connectivity index (χ0n) is 10.7. The van der Waals surface area contributed by atoms with Gasteiger partial charge in [0, 0.05) is 13.0 Å². The van der Waals surface area contributed by atoms with Gasteiger partial charge < -0.3 is 20.3 Å². The number of carboxylic acid groups (broad SMARTS) is 1. The van der Waals surface area contributed by atoms with Gasteiger partial charge in [-0.25, -0.2) is 4.79 Å². The van der Waals surface area contributed by atoms with Crippen molar-refractivity contribution in [2.24, 2.45) is 5.73 Å². The Kier molecular flexibility index (Phi) is 5.81. The minimum absolute atomic E-state index is 0.184. The third-order valence-electron chi connectivity index (χ3n) is 2.37. The summed E-state index contributed by atoms with van der Waals surface area (Å²) < 4.78 is 10.2. The largest absolute Gasteiger partial charge is 0.484 e. The lowest BCUT2D eigenvalue weighted by molar-refractivity contribution is -0.149. The van der Waals surface area contributed by atoms with E-state index in [2.05, 4.69) is 0 Å². The predicted octanol–water partition coefficient (Wildman–Crippen LogP) is 0.583. The Labute approximate surface area is 111 Å². The molecule has 0 aliphatic carbocycles. The average Bonchev–Trinajstić information content (AvgIpc) is 2.37. The number of primary amides is 1. The van der Waals surface area contributed by atoms with Gasteiger partial charge in [-0.15, -0.1) is 0 Å². The second-order valence-electron chi connectivity index (χ2n) is 3.89. The van der Waals surface area contributed by atoms with Crippen LogP contribution < -0.4 is 10.5 Å². The highest BCUT2D eigenvalue weighted by atomic mass is 16.5. The molecule has 0 aliphatic heterocycles. The first kappa shape index (κ1) is 15.0. The lowest BCUT2D eigenvalue weighted by Gasteiger charge is -2.12. The molecule has 1 aromatic carbocycles. The van der Waals surface area contributed by atoms with E-state index in [-0.39, 0.29) is 13.0 Å². The van der Waals surface area contributed by atoms with Crippen molar-refractivity contribution in [3.05, 3.63) is 29.8 Å². The van der Waals surface area contributed by atoms with Gasteiger partial charge in [0.15, 0.2) is 12.7 Å². The topological polar surface area (TPSA) is 98.9 Å². The van der Waals surface area contributed by atoms with Crippen molar-refractivity contribution in [1.82, 2.24) is 0 Å². The van der Waals surface area contributed by atoms with Crippen molar-refractivity contribution in [3.8, 4) is 5.75 Å². The molecule has 0 fully saturated rings. The zero-order valence-corrected chi connectivity index (χ0v) is 10.7. The summed E-state index contributed by atoms with van der Waals surface area (Å²) >= 11 is 0. The number of carboxylic acids is 1. The summed E-state index contributed by atoms with van der Waals surface area (Å²) in [6.45, 7) is 1.91. The van der Waals surface area contributed by atoms with Crippen molar-refractivity contribution < 1.29 is 24.2 Å². The number of carbonyl (C=O) groups is 2. The van der Waals surface area contributed by atoms with Crippen molar-refractivity contribution in [2.75, 3.05) is 13.2 Å². The normalized spacial score (nSPS) is 11.8. The van der Waals surface area contributed by atoms with Gasteiger partial charge in [0.2, 0.25) is 0 Å². The van der Waals surface area contributed by atoms with E-state index in [1.807, 2.05) is 0 Å². The predicted molar refractivity (Wildman–Crippen MR) is 67.9 cm³/mol. The second-order valence-corrected chi connectivity index (χ2v) is 3.89. The lowest BCUT2D eigenvalue weighted by Crippen LogP contribution is -2.26. The van der Waals surface area contributed by atoms with Gasteiger partial charge in [0.1, 0.15) is 5.75 Å². The molecule has 0 spiro atoms. The minimum Gasteiger partial charge on any atom is -0.484 e. The van der Waals surface area contributed by atoms with Crippen LogP contribution in [0, 0.1) is 0 Å². The quantitative estimate of drug-likeness (QED) is 0.718. The molecule has 104 valence electrons. The van der Waals surface area contributed by atoms with E-state index in [1.54, 1.807) is 31.2 Å². The Morgan fingerprint density at radius 1 is 1.32 bits per heavy atom. The van der Waals surface area contributed by atoms with Crippen LogP contribution in [-0.4, -0.2) is 36.3 Å². The number of ether oxygens (including phenoxy) is 2. The van der Waals surface area contributed by atoms with Crippen LogP contribution in [0.5, 0.6) is 5.75 Å². The fraction of sp³-hybridized carbons (Fsp3) is 0.385. The molecule has 19 heavy (non-hydrogen) atoms. The molecule has 0 saturated heterocycles. The van der Waals surface area contributed by atoms with Crippen molar-refractivity contribution in [3.63, 3.8) is 0 Å². The number of rotatable bonds is 8. The number of carbonyl (C=O) groups excluding carboxylic acids is 1. The Morgan fingerprint density at radius 3 is 2.42 bits per heavy atom. The SMILES string of the molecule is CCO[C@@H](Cc1ccc(OCC(N)=O)cc1)C(=O)O. The van der Waals surface area contributed by atoms with Crippen LogP contribution in [0.25, 0.3) is 0 Å². The molecule has 1 atom stereocenters. The maximum atomic E-state index is 10.9. The fourth-order valence-electron chi connectivity index (χ4n) is 1.51. The van der Waals surface area contributed by atoms with Gasteiger partial charge in [-0.3, -0.25) is 4.79 Å². The van der Waals surface area contributed by atoms with Crippen molar-refractivity contribution in [2.45, 2.75) is 19.4 Å². The smallest absolute Gasteiger partial charge is 0.333 e. The number of benzene rings is 1. The van der Waals surface area contributed by atoms with Crippen molar-refractivity contribution >= 4 is 11.9 Å². The Bertz CT molecular complexity index is 429. The van der Waals surface area contributed by atoms with Gasteiger partial charge in [0.05, 0.1) is 0 Å². The van der Waals surface area contributed by atoms with E-state index in [0.717, 1.165) is 5.56 Å². The van der Waals surface area contributed by atoms with Crippen LogP contribution in [0.1, 0.15) is 12.5 Å². The Balaban J connectivity index is 2.60. The number of hydrogen-bond acceptors (Lipinski definition) is 4. The third kappa shape index (κ3) is 5.39. The monoisotopic (exact) mass is 267 g/mol. The molecule has 0 bridgehead atoms. The van der Waals surface area contributed by atoms with E-state index in [9.17, 15) is 9.59 Å². The number of amides is 1. The molecule has 0 unspecified atom stereocenters. The first-order valence-electron chi connectivity index (χ1n) is 5.87. The molecule has 0 saturated carbocycles. The second kappa shape index (κ2) is 7.38. The number of hydrogen-bond donors (Lipinski definition) is 2. The Morgan fingerprint density at radius 2 is 1.95 bits per heavy atom. The third-order valence-corrected chi connectivity index (χ3v) is 2.37. The molecule has 1 aromatic rings. The van der Waals surface area contributed by atoms with Crippen LogP contribution in [0.4, 0.5) is 0 Å². The van der Waals surface area contributed by atoms with Gasteiger partial charge in [-0.2, -0.15) is 0 Å². The van der Waals surface area contributed by atoms with Crippen molar-refractivity contribution in [1.29, 1.82) is 0 Å². The van der Waals surface area contributed by atoms with E-state index < -0.39 is 18.0 Å². The number of aliphatic carboxylic acids is 1. The summed E-state index contributed by atoms with van der Waals surface area (Å²) in [5, 5.41) is 8.96. The van der Waals surface area contributed by atoms with Crippen LogP contribution >= 0.6 is 0 Å². The molecule has 0 heterocycles. The first-order valence-corrected chi connectivity index (χ1v) is 5.87. The highest BCUT2D eigenvalue weighted by Gasteiger charge is 2.17. The first-order chi connectivity index (χ1) is 9.02. The van der Waals surface area contributed by atoms with E-state index in [0.29, 0.717) is 12.4 Å². The van der Waals surface area contributed by atoms with Gasteiger partial charge >= 0.3 is 5.97 Å². The summed E-state index contributed by atoms with van der Waals surface area (Å²) in [5.41, 5.74) is 5.77. The summed E-state index contributed by atoms with van der Waals surface area (Å²) in [4.78, 5) is 21.5. The van der Waals surface area contributed by atoms with E-state index >= 15 is 0 Å². The van der Waals surface area contributed by atoms with E-state index in [1.165, 1.54) is 0 Å². The maximum absolute atomic E-state index is 10.9. The molecule has 6 nitrogen and oxygen atoms in total. The summed E-state index contributed by atoms with van der Waals surface area (Å²) in [5.74, 6) is -1.03. The van der Waals surface area contributed by atoms with Gasteiger partial charge in [0.25, 0.3) is 5.91 Å². The van der Waals surface area contributed by atoms with E-state index in [4.69, 9.17) is 20.3 Å². The molecule has 3 N–H and O–H groups in total. The maximum Gasteiger partial charge on any atom is 0.333 e. The minimum atomic E-state index is -0.990. The average molecular weight is 267 g/mol. The highest BCUT2D eigenvalue weighted by Crippen LogP contribution is 2.14. The Hall–Kier alpha value is -2.08. The van der Waals surface area contributed by atoms with Crippen LogP contribution in [0.2, 0.25) is 0 Å².